The van der Waals surface area contributed by atoms with Crippen LogP contribution in [0.25, 0.3) is 0 Å². The number of hydrogen-bond acceptors (Lipinski definition) is 4. The van der Waals surface area contributed by atoms with Crippen molar-refractivity contribution in [3.63, 3.8) is 0 Å². The number of nitrogens with one attached hydrogen (secondary N) is 2. The Morgan fingerprint density at radius 1 is 1.17 bits per heavy atom. The summed E-state index contributed by atoms with van der Waals surface area (Å²) in [5, 5.41) is 5.57. The van der Waals surface area contributed by atoms with Gasteiger partial charge < -0.3 is 10.6 Å². The van der Waals surface area contributed by atoms with Crippen LogP contribution in [0, 0.1) is 5.82 Å². The molecule has 0 aromatic heterocycles. The van der Waals surface area contributed by atoms with E-state index in [0.717, 1.165) is 12.3 Å². The van der Waals surface area contributed by atoms with Crippen LogP contribution in [0.5, 0.6) is 0 Å². The Kier molecular flexibility index (Phi) is 5.23. The molecule has 2 aromatic carbocycles. The van der Waals surface area contributed by atoms with Gasteiger partial charge >= 0.3 is 0 Å². The summed E-state index contributed by atoms with van der Waals surface area (Å²) in [6, 6.07) is 9.64. The van der Waals surface area contributed by atoms with Crippen LogP contribution in [-0.2, 0) is 14.6 Å². The predicted octanol–water partition coefficient (Wildman–Crippen LogP) is 2.93. The first-order valence-electron chi connectivity index (χ1n) is 6.54. The first kappa shape index (κ1) is 17.2. The van der Waals surface area contributed by atoms with Crippen LogP contribution in [-0.4, -0.2) is 27.1 Å². The van der Waals surface area contributed by atoms with Crippen LogP contribution < -0.4 is 10.6 Å². The molecule has 0 radical (unpaired) electrons. The maximum Gasteiger partial charge on any atom is 0.243 e. The standard InChI is InChI=1S/C15H14ClFN2O3S/c1-23(21,22)12-5-3-11(4-6-12)19-15(20)9-18-14-7-2-10(17)8-13(14)16/h2-8,18H,9H2,1H3,(H,19,20). The number of anilines is 2. The van der Waals surface area contributed by atoms with E-state index in [1.807, 2.05) is 0 Å². The van der Waals surface area contributed by atoms with Crippen molar-refractivity contribution < 1.29 is 17.6 Å². The molecule has 8 heteroatoms. The van der Waals surface area contributed by atoms with Crippen LogP contribution in [0.15, 0.2) is 47.4 Å². The maximum absolute atomic E-state index is 12.9. The number of benzene rings is 2. The van der Waals surface area contributed by atoms with Crippen LogP contribution >= 0.6 is 11.6 Å². The SMILES string of the molecule is CS(=O)(=O)c1ccc(NC(=O)CNc2ccc(F)cc2Cl)cc1. The smallest absolute Gasteiger partial charge is 0.243 e. The third-order valence-corrected chi connectivity index (χ3v) is 4.38. The van der Waals surface area contributed by atoms with Gasteiger partial charge in [0.15, 0.2) is 9.84 Å². The van der Waals surface area contributed by atoms with E-state index in [9.17, 15) is 17.6 Å². The summed E-state index contributed by atoms with van der Waals surface area (Å²) in [5.41, 5.74) is 0.907. The molecule has 0 aliphatic carbocycles. The van der Waals surface area contributed by atoms with E-state index in [2.05, 4.69) is 10.6 Å². The van der Waals surface area contributed by atoms with Crippen LogP contribution in [0.2, 0.25) is 5.02 Å². The topological polar surface area (TPSA) is 75.3 Å². The van der Waals surface area contributed by atoms with Crippen molar-refractivity contribution in [1.29, 1.82) is 0 Å². The number of carbonyl (C=O) groups is 1. The van der Waals surface area contributed by atoms with Crippen molar-refractivity contribution >= 4 is 38.7 Å². The minimum absolute atomic E-state index is 0.0703. The average Bonchev–Trinajstić information content (AvgIpc) is 2.46. The molecule has 2 aromatic rings. The van der Waals surface area contributed by atoms with E-state index >= 15 is 0 Å². The Balaban J connectivity index is 1.94. The second-order valence-electron chi connectivity index (χ2n) is 4.82. The number of rotatable bonds is 5. The molecule has 1 amide bonds. The molecule has 23 heavy (non-hydrogen) atoms. The van der Waals surface area contributed by atoms with Gasteiger partial charge in [0.2, 0.25) is 5.91 Å². The van der Waals surface area contributed by atoms with Gasteiger partial charge in [-0.2, -0.15) is 0 Å². The number of hydrogen-bond donors (Lipinski definition) is 2. The van der Waals surface area contributed by atoms with E-state index in [0.29, 0.717) is 11.4 Å². The molecule has 5 nitrogen and oxygen atoms in total. The fraction of sp³-hybridized carbons (Fsp3) is 0.133. The fourth-order valence-electron chi connectivity index (χ4n) is 1.80. The third kappa shape index (κ3) is 4.94. The Bertz CT molecular complexity index is 823. The van der Waals surface area contributed by atoms with Crippen molar-refractivity contribution in [2.24, 2.45) is 0 Å². The normalized spacial score (nSPS) is 11.1. The van der Waals surface area contributed by atoms with Crippen molar-refractivity contribution in [3.8, 4) is 0 Å². The molecule has 0 bridgehead atoms. The lowest BCUT2D eigenvalue weighted by atomic mass is 10.3. The van der Waals surface area contributed by atoms with Gasteiger partial charge in [-0.25, -0.2) is 12.8 Å². The van der Waals surface area contributed by atoms with E-state index < -0.39 is 15.7 Å². The molecular formula is C15H14ClFN2O3S. The summed E-state index contributed by atoms with van der Waals surface area (Å²) in [7, 11) is -3.27. The van der Waals surface area contributed by atoms with Crippen molar-refractivity contribution in [2.75, 3.05) is 23.4 Å². The monoisotopic (exact) mass is 356 g/mol. The Morgan fingerprint density at radius 3 is 2.39 bits per heavy atom. The largest absolute Gasteiger partial charge is 0.375 e. The Morgan fingerprint density at radius 2 is 1.83 bits per heavy atom. The molecule has 0 aliphatic heterocycles. The first-order valence-corrected chi connectivity index (χ1v) is 8.81. The molecule has 122 valence electrons. The highest BCUT2D eigenvalue weighted by atomic mass is 35.5. The van der Waals surface area contributed by atoms with Gasteiger partial charge in [0.1, 0.15) is 5.82 Å². The van der Waals surface area contributed by atoms with Gasteiger partial charge in [-0.15, -0.1) is 0 Å². The summed E-state index contributed by atoms with van der Waals surface area (Å²) in [4.78, 5) is 12.0. The van der Waals surface area contributed by atoms with E-state index in [1.165, 1.54) is 36.4 Å². The van der Waals surface area contributed by atoms with Gasteiger partial charge in [0.25, 0.3) is 0 Å². The number of sulfone groups is 1. The summed E-state index contributed by atoms with van der Waals surface area (Å²) < 4.78 is 35.6. The summed E-state index contributed by atoms with van der Waals surface area (Å²) in [5.74, 6) is -0.812. The van der Waals surface area contributed by atoms with Gasteiger partial charge in [-0.3, -0.25) is 4.79 Å². The summed E-state index contributed by atoms with van der Waals surface area (Å²) in [6.45, 7) is -0.0703. The number of carbonyl (C=O) groups excluding carboxylic acids is 1. The van der Waals surface area contributed by atoms with E-state index in [1.54, 1.807) is 0 Å². The van der Waals surface area contributed by atoms with Crippen molar-refractivity contribution in [1.82, 2.24) is 0 Å². The highest BCUT2D eigenvalue weighted by Crippen LogP contribution is 2.22. The lowest BCUT2D eigenvalue weighted by molar-refractivity contribution is -0.114. The van der Waals surface area contributed by atoms with E-state index in [-0.39, 0.29) is 22.4 Å². The zero-order chi connectivity index (χ0) is 17.0. The predicted molar refractivity (Wildman–Crippen MR) is 88.1 cm³/mol. The van der Waals surface area contributed by atoms with Crippen molar-refractivity contribution in [3.05, 3.63) is 53.3 Å². The molecular weight excluding hydrogens is 343 g/mol. The van der Waals surface area contributed by atoms with Crippen LogP contribution in [0.4, 0.5) is 15.8 Å². The second-order valence-corrected chi connectivity index (χ2v) is 7.25. The molecule has 0 fully saturated rings. The molecule has 0 spiro atoms. The van der Waals surface area contributed by atoms with Gasteiger partial charge in [-0.05, 0) is 42.5 Å². The quantitative estimate of drug-likeness (QED) is 0.863. The number of amides is 1. The minimum Gasteiger partial charge on any atom is -0.375 e. The van der Waals surface area contributed by atoms with Gasteiger partial charge in [0.05, 0.1) is 22.2 Å². The summed E-state index contributed by atoms with van der Waals surface area (Å²) >= 11 is 5.84. The van der Waals surface area contributed by atoms with E-state index in [4.69, 9.17) is 11.6 Å². The van der Waals surface area contributed by atoms with Crippen LogP contribution in [0.1, 0.15) is 0 Å². The van der Waals surface area contributed by atoms with Gasteiger partial charge in [-0.1, -0.05) is 11.6 Å². The molecule has 2 N–H and O–H groups in total. The maximum atomic E-state index is 12.9. The summed E-state index contributed by atoms with van der Waals surface area (Å²) in [6.07, 6.45) is 1.11. The zero-order valence-corrected chi connectivity index (χ0v) is 13.7. The molecule has 0 atom stereocenters. The minimum atomic E-state index is -3.27. The Hall–Kier alpha value is -2.12. The average molecular weight is 357 g/mol. The first-order chi connectivity index (χ1) is 10.8. The number of halogens is 2. The van der Waals surface area contributed by atoms with Gasteiger partial charge in [0, 0.05) is 11.9 Å². The third-order valence-electron chi connectivity index (χ3n) is 2.94. The Labute approximate surface area is 138 Å². The highest BCUT2D eigenvalue weighted by molar-refractivity contribution is 7.90. The van der Waals surface area contributed by atoms with Crippen LogP contribution in [0.3, 0.4) is 0 Å². The molecule has 2 rings (SSSR count). The lowest BCUT2D eigenvalue weighted by Crippen LogP contribution is -2.21. The molecule has 0 unspecified atom stereocenters. The zero-order valence-electron chi connectivity index (χ0n) is 12.1. The molecule has 0 heterocycles. The molecule has 0 aliphatic rings. The second kappa shape index (κ2) is 6.97. The lowest BCUT2D eigenvalue weighted by Gasteiger charge is -2.09. The van der Waals surface area contributed by atoms with Crippen molar-refractivity contribution in [2.45, 2.75) is 4.90 Å². The highest BCUT2D eigenvalue weighted by Gasteiger charge is 2.08. The molecule has 0 saturated heterocycles. The fourth-order valence-corrected chi connectivity index (χ4v) is 2.66. The molecule has 0 saturated carbocycles.